The SMILES string of the molecule is COC(=O)C1CN(C(=O)c2cc(SC)ccc2C)CC1C. The van der Waals surface area contributed by atoms with Crippen LogP contribution in [0.4, 0.5) is 0 Å². The molecule has 1 aliphatic heterocycles. The van der Waals surface area contributed by atoms with E-state index in [0.29, 0.717) is 13.1 Å². The van der Waals surface area contributed by atoms with Crippen LogP contribution in [0, 0.1) is 18.8 Å². The summed E-state index contributed by atoms with van der Waals surface area (Å²) in [6.07, 6.45) is 1.99. The average molecular weight is 307 g/mol. The molecule has 1 amide bonds. The van der Waals surface area contributed by atoms with Crippen molar-refractivity contribution in [3.05, 3.63) is 29.3 Å². The monoisotopic (exact) mass is 307 g/mol. The fourth-order valence-corrected chi connectivity index (χ4v) is 3.16. The largest absolute Gasteiger partial charge is 0.469 e. The van der Waals surface area contributed by atoms with Gasteiger partial charge in [0.25, 0.3) is 5.91 Å². The van der Waals surface area contributed by atoms with Gasteiger partial charge in [-0.2, -0.15) is 0 Å². The molecule has 2 rings (SSSR count). The summed E-state index contributed by atoms with van der Waals surface area (Å²) in [6, 6.07) is 5.91. The van der Waals surface area contributed by atoms with E-state index in [9.17, 15) is 9.59 Å². The highest BCUT2D eigenvalue weighted by Crippen LogP contribution is 2.27. The van der Waals surface area contributed by atoms with E-state index in [1.54, 1.807) is 16.7 Å². The summed E-state index contributed by atoms with van der Waals surface area (Å²) in [6.45, 7) is 4.96. The lowest BCUT2D eigenvalue weighted by molar-refractivity contribution is -0.146. The van der Waals surface area contributed by atoms with E-state index in [1.165, 1.54) is 7.11 Å². The smallest absolute Gasteiger partial charge is 0.310 e. The topological polar surface area (TPSA) is 46.6 Å². The zero-order chi connectivity index (χ0) is 15.6. The number of benzene rings is 1. The maximum absolute atomic E-state index is 12.7. The van der Waals surface area contributed by atoms with Gasteiger partial charge in [-0.15, -0.1) is 11.8 Å². The number of esters is 1. The van der Waals surface area contributed by atoms with Gasteiger partial charge in [0.1, 0.15) is 0 Å². The molecule has 1 aromatic rings. The predicted molar refractivity (Wildman–Crippen MR) is 83.5 cm³/mol. The fraction of sp³-hybridized carbons (Fsp3) is 0.500. The second-order valence-corrected chi connectivity index (χ2v) is 6.38. The molecule has 2 atom stereocenters. The Balaban J connectivity index is 2.20. The first-order chi connectivity index (χ1) is 9.97. The summed E-state index contributed by atoms with van der Waals surface area (Å²) < 4.78 is 4.82. The molecule has 114 valence electrons. The molecule has 1 saturated heterocycles. The summed E-state index contributed by atoms with van der Waals surface area (Å²) in [5.74, 6) is -0.317. The van der Waals surface area contributed by atoms with Gasteiger partial charge in [0, 0.05) is 23.5 Å². The number of carbonyl (C=O) groups is 2. The number of amides is 1. The molecule has 4 nitrogen and oxygen atoms in total. The zero-order valence-electron chi connectivity index (χ0n) is 12.9. The van der Waals surface area contributed by atoms with Crippen LogP contribution in [0.15, 0.2) is 23.1 Å². The first-order valence-corrected chi connectivity index (χ1v) is 8.22. The number of aryl methyl sites for hydroxylation is 1. The molecule has 2 unspecified atom stereocenters. The minimum Gasteiger partial charge on any atom is -0.469 e. The number of hydrogen-bond donors (Lipinski definition) is 0. The number of carbonyl (C=O) groups excluding carboxylic acids is 2. The van der Waals surface area contributed by atoms with Gasteiger partial charge in [-0.05, 0) is 36.8 Å². The third-order valence-electron chi connectivity index (χ3n) is 4.08. The molecule has 1 heterocycles. The summed E-state index contributed by atoms with van der Waals surface area (Å²) in [5.41, 5.74) is 1.69. The van der Waals surface area contributed by atoms with E-state index in [4.69, 9.17) is 4.74 Å². The molecule has 0 radical (unpaired) electrons. The minimum atomic E-state index is -0.229. The number of methoxy groups -OCH3 is 1. The molecule has 1 aliphatic rings. The first-order valence-electron chi connectivity index (χ1n) is 6.99. The maximum atomic E-state index is 12.7. The number of likely N-dealkylation sites (tertiary alicyclic amines) is 1. The van der Waals surface area contributed by atoms with Crippen LogP contribution in [0.25, 0.3) is 0 Å². The Labute approximate surface area is 129 Å². The molecule has 1 fully saturated rings. The normalized spacial score (nSPS) is 21.4. The molecule has 0 aromatic heterocycles. The van der Waals surface area contributed by atoms with Crippen molar-refractivity contribution in [2.75, 3.05) is 26.5 Å². The van der Waals surface area contributed by atoms with Gasteiger partial charge in [0.15, 0.2) is 0 Å². The molecular formula is C16H21NO3S. The Bertz CT molecular complexity index is 558. The van der Waals surface area contributed by atoms with E-state index in [1.807, 2.05) is 38.3 Å². The van der Waals surface area contributed by atoms with Crippen molar-refractivity contribution in [2.45, 2.75) is 18.7 Å². The molecule has 5 heteroatoms. The maximum Gasteiger partial charge on any atom is 0.310 e. The average Bonchev–Trinajstić information content (AvgIpc) is 2.88. The van der Waals surface area contributed by atoms with Crippen LogP contribution >= 0.6 is 11.8 Å². The molecule has 0 N–H and O–H groups in total. The van der Waals surface area contributed by atoms with Crippen molar-refractivity contribution >= 4 is 23.6 Å². The lowest BCUT2D eigenvalue weighted by Crippen LogP contribution is -2.30. The number of hydrogen-bond acceptors (Lipinski definition) is 4. The van der Waals surface area contributed by atoms with Crippen molar-refractivity contribution in [1.82, 2.24) is 4.90 Å². The van der Waals surface area contributed by atoms with E-state index < -0.39 is 0 Å². The van der Waals surface area contributed by atoms with E-state index >= 15 is 0 Å². The zero-order valence-corrected chi connectivity index (χ0v) is 13.7. The summed E-state index contributed by atoms with van der Waals surface area (Å²) in [5, 5.41) is 0. The highest BCUT2D eigenvalue weighted by atomic mass is 32.2. The van der Waals surface area contributed by atoms with Crippen LogP contribution in [0.5, 0.6) is 0 Å². The second kappa shape index (κ2) is 6.52. The van der Waals surface area contributed by atoms with Crippen LogP contribution in [0.3, 0.4) is 0 Å². The fourth-order valence-electron chi connectivity index (χ4n) is 2.72. The molecule has 0 aliphatic carbocycles. The molecule has 0 spiro atoms. The van der Waals surface area contributed by atoms with Crippen molar-refractivity contribution in [1.29, 1.82) is 0 Å². The summed E-state index contributed by atoms with van der Waals surface area (Å²) >= 11 is 1.62. The molecule has 0 saturated carbocycles. The number of nitrogens with zero attached hydrogens (tertiary/aromatic N) is 1. The highest BCUT2D eigenvalue weighted by Gasteiger charge is 2.38. The van der Waals surface area contributed by atoms with Gasteiger partial charge >= 0.3 is 5.97 Å². The quantitative estimate of drug-likeness (QED) is 0.636. The molecule has 0 bridgehead atoms. The van der Waals surface area contributed by atoms with Crippen molar-refractivity contribution in [3.63, 3.8) is 0 Å². The standard InChI is InChI=1S/C16H21NO3S/c1-10-5-6-12(21-4)7-13(10)15(18)17-8-11(2)14(9-17)16(19)20-3/h5-7,11,14H,8-9H2,1-4H3. The lowest BCUT2D eigenvalue weighted by Gasteiger charge is -2.18. The van der Waals surface area contributed by atoms with Gasteiger partial charge in [0.2, 0.25) is 0 Å². The van der Waals surface area contributed by atoms with Crippen LogP contribution in [0.2, 0.25) is 0 Å². The third kappa shape index (κ3) is 3.23. The second-order valence-electron chi connectivity index (χ2n) is 5.50. The van der Waals surface area contributed by atoms with Crippen LogP contribution < -0.4 is 0 Å². The Kier molecular flexibility index (Phi) is 4.93. The number of thioether (sulfide) groups is 1. The van der Waals surface area contributed by atoms with Gasteiger partial charge in [-0.3, -0.25) is 9.59 Å². The van der Waals surface area contributed by atoms with Crippen molar-refractivity contribution in [2.24, 2.45) is 11.8 Å². The minimum absolute atomic E-state index is 0.00153. The van der Waals surface area contributed by atoms with E-state index in [2.05, 4.69) is 0 Å². The van der Waals surface area contributed by atoms with Gasteiger partial charge in [-0.1, -0.05) is 13.0 Å². The highest BCUT2D eigenvalue weighted by molar-refractivity contribution is 7.98. The third-order valence-corrected chi connectivity index (χ3v) is 4.80. The summed E-state index contributed by atoms with van der Waals surface area (Å²) in [7, 11) is 1.39. The van der Waals surface area contributed by atoms with Crippen molar-refractivity contribution < 1.29 is 14.3 Å². The van der Waals surface area contributed by atoms with E-state index in [0.717, 1.165) is 16.0 Å². The Morgan fingerprint density at radius 2 is 2.05 bits per heavy atom. The van der Waals surface area contributed by atoms with E-state index in [-0.39, 0.29) is 23.7 Å². The number of ether oxygens (including phenoxy) is 1. The lowest BCUT2D eigenvalue weighted by atomic mass is 9.99. The van der Waals surface area contributed by atoms with Gasteiger partial charge < -0.3 is 9.64 Å². The van der Waals surface area contributed by atoms with Gasteiger partial charge in [0.05, 0.1) is 13.0 Å². The number of rotatable bonds is 3. The molecule has 1 aromatic carbocycles. The predicted octanol–water partition coefficient (Wildman–Crippen LogP) is 2.60. The van der Waals surface area contributed by atoms with Crippen molar-refractivity contribution in [3.8, 4) is 0 Å². The Morgan fingerprint density at radius 1 is 1.33 bits per heavy atom. The molecule has 21 heavy (non-hydrogen) atoms. The molecular weight excluding hydrogens is 286 g/mol. The Hall–Kier alpha value is -1.49. The Morgan fingerprint density at radius 3 is 2.67 bits per heavy atom. The first kappa shape index (κ1) is 15.9. The van der Waals surface area contributed by atoms with Crippen LogP contribution in [0.1, 0.15) is 22.8 Å². The summed E-state index contributed by atoms with van der Waals surface area (Å²) in [4.78, 5) is 27.3. The van der Waals surface area contributed by atoms with Crippen LogP contribution in [-0.2, 0) is 9.53 Å². The van der Waals surface area contributed by atoms with Gasteiger partial charge in [-0.25, -0.2) is 0 Å². The van der Waals surface area contributed by atoms with Crippen LogP contribution in [-0.4, -0.2) is 43.2 Å².